The van der Waals surface area contributed by atoms with Crippen LogP contribution in [0.4, 0.5) is 0 Å². The zero-order chi connectivity index (χ0) is 31.9. The molecule has 7 nitrogen and oxygen atoms in total. The van der Waals surface area contributed by atoms with E-state index in [1.807, 2.05) is 36.4 Å². The number of fused-ring (bicyclic) bond motifs is 2. The van der Waals surface area contributed by atoms with E-state index < -0.39 is 12.1 Å². The van der Waals surface area contributed by atoms with Gasteiger partial charge < -0.3 is 20.9 Å². The molecule has 7 heteroatoms. The van der Waals surface area contributed by atoms with E-state index >= 15 is 0 Å². The van der Waals surface area contributed by atoms with Gasteiger partial charge in [0.05, 0.1) is 0 Å². The average molecular weight is 619 g/mol. The molecule has 1 saturated heterocycles. The predicted molar refractivity (Wildman–Crippen MR) is 184 cm³/mol. The number of carbonyl (C=O) groups is 3. The maximum absolute atomic E-state index is 14.5. The van der Waals surface area contributed by atoms with Crippen molar-refractivity contribution in [1.29, 1.82) is 0 Å². The Labute approximate surface area is 272 Å². The molecular formula is C39H46N4O3. The Morgan fingerprint density at radius 1 is 0.739 bits per heavy atom. The Bertz CT molecular complexity index is 1670. The van der Waals surface area contributed by atoms with Gasteiger partial charge in [0, 0.05) is 31.8 Å². The van der Waals surface area contributed by atoms with Crippen LogP contribution in [-0.2, 0) is 27.2 Å². The minimum atomic E-state index is -0.796. The highest BCUT2D eigenvalue weighted by molar-refractivity contribution is 5.93. The molecule has 0 bridgehead atoms. The molecular weight excluding hydrogens is 572 g/mol. The largest absolute Gasteiger partial charge is 0.352 e. The Morgan fingerprint density at radius 2 is 1.30 bits per heavy atom. The molecule has 2 fully saturated rings. The molecule has 4 aromatic rings. The van der Waals surface area contributed by atoms with E-state index in [1.165, 1.54) is 6.42 Å². The maximum atomic E-state index is 14.5. The lowest BCUT2D eigenvalue weighted by Crippen LogP contribution is -2.57. The van der Waals surface area contributed by atoms with Crippen molar-refractivity contribution in [2.75, 3.05) is 20.1 Å². The fourth-order valence-corrected chi connectivity index (χ4v) is 7.11. The van der Waals surface area contributed by atoms with Crippen LogP contribution in [0.2, 0.25) is 0 Å². The lowest BCUT2D eigenvalue weighted by Gasteiger charge is -2.33. The second-order valence-corrected chi connectivity index (χ2v) is 13.2. The third kappa shape index (κ3) is 7.76. The third-order valence-corrected chi connectivity index (χ3v) is 9.89. The van der Waals surface area contributed by atoms with Crippen molar-refractivity contribution in [3.8, 4) is 0 Å². The molecule has 3 amide bonds. The molecule has 46 heavy (non-hydrogen) atoms. The van der Waals surface area contributed by atoms with Gasteiger partial charge >= 0.3 is 0 Å². The number of nitrogens with one attached hydrogen (secondary N) is 3. The Balaban J connectivity index is 1.28. The molecule has 6 rings (SSSR count). The Hall–Kier alpha value is -4.23. The summed E-state index contributed by atoms with van der Waals surface area (Å²) in [6.45, 7) is 1.58. The van der Waals surface area contributed by atoms with Crippen molar-refractivity contribution in [2.45, 2.75) is 75.9 Å². The van der Waals surface area contributed by atoms with E-state index in [-0.39, 0.29) is 29.7 Å². The van der Waals surface area contributed by atoms with Crippen molar-refractivity contribution in [1.82, 2.24) is 20.9 Å². The third-order valence-electron chi connectivity index (χ3n) is 9.89. The normalized spacial score (nSPS) is 17.3. The van der Waals surface area contributed by atoms with Crippen LogP contribution in [0.5, 0.6) is 0 Å². The summed E-state index contributed by atoms with van der Waals surface area (Å²) in [6, 6.07) is 27.3. The van der Waals surface area contributed by atoms with Crippen LogP contribution in [0, 0.1) is 5.92 Å². The summed E-state index contributed by atoms with van der Waals surface area (Å²) < 4.78 is 0. The van der Waals surface area contributed by atoms with Gasteiger partial charge in [0.15, 0.2) is 0 Å². The first-order chi connectivity index (χ1) is 22.4. The van der Waals surface area contributed by atoms with Gasteiger partial charge in [0.25, 0.3) is 0 Å². The van der Waals surface area contributed by atoms with Gasteiger partial charge in [0.1, 0.15) is 12.1 Å². The van der Waals surface area contributed by atoms with Crippen molar-refractivity contribution < 1.29 is 14.4 Å². The van der Waals surface area contributed by atoms with Crippen LogP contribution in [0.25, 0.3) is 21.5 Å². The predicted octanol–water partition coefficient (Wildman–Crippen LogP) is 5.54. The van der Waals surface area contributed by atoms with Gasteiger partial charge in [-0.2, -0.15) is 0 Å². The SMILES string of the molecule is CN(C(=O)C(Cc1ccc2ccccc2c1)NC(=O)C1CCNCC1)C(Cc1ccc2ccccc2c1)C(=O)NC1CCCCC1. The van der Waals surface area contributed by atoms with E-state index in [2.05, 4.69) is 64.5 Å². The molecule has 2 unspecified atom stereocenters. The van der Waals surface area contributed by atoms with Crippen molar-refractivity contribution in [3.05, 3.63) is 96.1 Å². The number of hydrogen-bond acceptors (Lipinski definition) is 4. The van der Waals surface area contributed by atoms with E-state index in [9.17, 15) is 14.4 Å². The maximum Gasteiger partial charge on any atom is 0.245 e. The highest BCUT2D eigenvalue weighted by Crippen LogP contribution is 2.22. The topological polar surface area (TPSA) is 90.5 Å². The van der Waals surface area contributed by atoms with Gasteiger partial charge in [-0.15, -0.1) is 0 Å². The van der Waals surface area contributed by atoms with E-state index in [1.54, 1.807) is 11.9 Å². The monoisotopic (exact) mass is 618 g/mol. The molecule has 1 saturated carbocycles. The van der Waals surface area contributed by atoms with E-state index in [4.69, 9.17) is 0 Å². The van der Waals surface area contributed by atoms with Gasteiger partial charge in [-0.05, 0) is 71.4 Å². The van der Waals surface area contributed by atoms with Crippen LogP contribution in [-0.4, -0.2) is 60.9 Å². The fraction of sp³-hybridized carbons (Fsp3) is 0.410. The van der Waals surface area contributed by atoms with Gasteiger partial charge in [-0.25, -0.2) is 0 Å². The lowest BCUT2D eigenvalue weighted by atomic mass is 9.94. The molecule has 0 spiro atoms. The molecule has 4 aromatic carbocycles. The van der Waals surface area contributed by atoms with E-state index in [0.29, 0.717) is 12.8 Å². The summed E-state index contributed by atoms with van der Waals surface area (Å²) in [4.78, 5) is 43.6. The highest BCUT2D eigenvalue weighted by atomic mass is 16.2. The molecule has 2 aliphatic rings. The first kappa shape index (κ1) is 31.7. The lowest BCUT2D eigenvalue weighted by molar-refractivity contribution is -0.142. The second-order valence-electron chi connectivity index (χ2n) is 13.2. The second kappa shape index (κ2) is 14.9. The number of likely N-dealkylation sites (N-methyl/N-ethyl adjacent to an activating group) is 1. The van der Waals surface area contributed by atoms with Crippen molar-refractivity contribution in [3.63, 3.8) is 0 Å². The number of piperidine rings is 1. The zero-order valence-electron chi connectivity index (χ0n) is 26.8. The number of rotatable bonds is 10. The molecule has 1 aliphatic heterocycles. The minimum Gasteiger partial charge on any atom is -0.352 e. The summed E-state index contributed by atoms with van der Waals surface area (Å²) in [6.07, 6.45) is 7.54. The smallest absolute Gasteiger partial charge is 0.245 e. The standard InChI is InChI=1S/C39H46N4O3/c1-43(36(38(45)41-34-13-3-2-4-14-34)26-28-16-18-30-10-6-8-12-33(30)24-28)39(46)35(42-37(44)31-19-21-40-22-20-31)25-27-15-17-29-9-5-7-11-32(29)23-27/h5-12,15-18,23-24,31,34-36,40H,2-4,13-14,19-22,25-26H2,1H3,(H,41,45)(H,42,44). The van der Waals surface area contributed by atoms with Gasteiger partial charge in [-0.1, -0.05) is 104 Å². The van der Waals surface area contributed by atoms with Gasteiger partial charge in [-0.3, -0.25) is 14.4 Å². The highest BCUT2D eigenvalue weighted by Gasteiger charge is 2.35. The molecule has 0 radical (unpaired) electrons. The molecule has 1 aliphatic carbocycles. The number of carbonyl (C=O) groups excluding carboxylic acids is 3. The first-order valence-electron chi connectivity index (χ1n) is 17.0. The van der Waals surface area contributed by atoms with E-state index in [0.717, 1.165) is 84.3 Å². The summed E-state index contributed by atoms with van der Waals surface area (Å²) >= 11 is 0. The molecule has 3 N–H and O–H groups in total. The van der Waals surface area contributed by atoms with Crippen LogP contribution in [0.1, 0.15) is 56.1 Å². The first-order valence-corrected chi connectivity index (χ1v) is 17.0. The van der Waals surface area contributed by atoms with Crippen molar-refractivity contribution in [2.24, 2.45) is 5.92 Å². The van der Waals surface area contributed by atoms with Crippen LogP contribution < -0.4 is 16.0 Å². The summed E-state index contributed by atoms with van der Waals surface area (Å²) in [7, 11) is 1.72. The number of benzene rings is 4. The average Bonchev–Trinajstić information content (AvgIpc) is 3.10. The summed E-state index contributed by atoms with van der Waals surface area (Å²) in [5.74, 6) is -0.613. The number of amides is 3. The quantitative estimate of drug-likeness (QED) is 0.218. The molecule has 1 heterocycles. The Kier molecular flexibility index (Phi) is 10.3. The number of hydrogen-bond donors (Lipinski definition) is 3. The molecule has 0 aromatic heterocycles. The summed E-state index contributed by atoms with van der Waals surface area (Å²) in [5.41, 5.74) is 1.96. The van der Waals surface area contributed by atoms with Crippen LogP contribution in [0.3, 0.4) is 0 Å². The molecule has 2 atom stereocenters. The minimum absolute atomic E-state index is 0.0909. The fourth-order valence-electron chi connectivity index (χ4n) is 7.11. The van der Waals surface area contributed by atoms with Gasteiger partial charge in [0.2, 0.25) is 17.7 Å². The van der Waals surface area contributed by atoms with Crippen LogP contribution in [0.15, 0.2) is 84.9 Å². The molecule has 240 valence electrons. The number of nitrogens with zero attached hydrogens (tertiary/aromatic N) is 1. The zero-order valence-corrected chi connectivity index (χ0v) is 26.8. The van der Waals surface area contributed by atoms with Crippen LogP contribution >= 0.6 is 0 Å². The van der Waals surface area contributed by atoms with Crippen molar-refractivity contribution >= 4 is 39.3 Å². The summed E-state index contributed by atoms with van der Waals surface area (Å²) in [5, 5.41) is 14.2. The Morgan fingerprint density at radius 3 is 1.91 bits per heavy atom.